The van der Waals surface area contributed by atoms with E-state index in [0.29, 0.717) is 19.1 Å². The number of aryl methyl sites for hydroxylation is 1. The van der Waals surface area contributed by atoms with Gasteiger partial charge < -0.3 is 14.5 Å². The summed E-state index contributed by atoms with van der Waals surface area (Å²) in [4.78, 5) is 25.8. The first kappa shape index (κ1) is 17.0. The molecule has 6 nitrogen and oxygen atoms in total. The number of benzene rings is 1. The van der Waals surface area contributed by atoms with E-state index in [1.54, 1.807) is 12.4 Å². The van der Waals surface area contributed by atoms with Crippen LogP contribution >= 0.6 is 0 Å². The number of carbonyl (C=O) groups is 1. The molecular formula is C20H24N4O2. The molecule has 2 aliphatic rings. The number of rotatable bonds is 2. The molecule has 136 valence electrons. The summed E-state index contributed by atoms with van der Waals surface area (Å²) in [7, 11) is 0. The number of ether oxygens (including phenoxy) is 1. The van der Waals surface area contributed by atoms with Gasteiger partial charge in [-0.15, -0.1) is 0 Å². The van der Waals surface area contributed by atoms with E-state index in [1.807, 2.05) is 42.2 Å². The number of aromatic nitrogens is 2. The lowest BCUT2D eigenvalue weighted by molar-refractivity contribution is -0.0169. The van der Waals surface area contributed by atoms with E-state index in [1.165, 1.54) is 0 Å². The van der Waals surface area contributed by atoms with E-state index >= 15 is 0 Å². The van der Waals surface area contributed by atoms with Gasteiger partial charge in [0.25, 0.3) is 5.91 Å². The Morgan fingerprint density at radius 2 is 1.92 bits per heavy atom. The van der Waals surface area contributed by atoms with Crippen LogP contribution in [0.15, 0.2) is 42.7 Å². The van der Waals surface area contributed by atoms with Gasteiger partial charge in [-0.05, 0) is 31.0 Å². The number of hydrogen-bond acceptors (Lipinski definition) is 5. The fourth-order valence-electron chi connectivity index (χ4n) is 3.86. The van der Waals surface area contributed by atoms with Crippen molar-refractivity contribution in [3.05, 3.63) is 53.9 Å². The van der Waals surface area contributed by atoms with Crippen molar-refractivity contribution in [3.8, 4) is 0 Å². The van der Waals surface area contributed by atoms with Gasteiger partial charge in [0, 0.05) is 50.1 Å². The van der Waals surface area contributed by atoms with Crippen molar-refractivity contribution in [1.29, 1.82) is 0 Å². The zero-order valence-corrected chi connectivity index (χ0v) is 15.0. The normalized spacial score (nSPS) is 23.3. The monoisotopic (exact) mass is 352 g/mol. The van der Waals surface area contributed by atoms with E-state index in [-0.39, 0.29) is 12.0 Å². The fourth-order valence-corrected chi connectivity index (χ4v) is 3.86. The summed E-state index contributed by atoms with van der Waals surface area (Å²) >= 11 is 0. The molecule has 2 saturated heterocycles. The van der Waals surface area contributed by atoms with Gasteiger partial charge in [-0.3, -0.25) is 4.79 Å². The highest BCUT2D eigenvalue weighted by Gasteiger charge is 2.36. The predicted octanol–water partition coefficient (Wildman–Crippen LogP) is 2.15. The van der Waals surface area contributed by atoms with Crippen molar-refractivity contribution >= 4 is 11.9 Å². The maximum Gasteiger partial charge on any atom is 0.254 e. The molecule has 0 N–H and O–H groups in total. The second-order valence-corrected chi connectivity index (χ2v) is 7.02. The van der Waals surface area contributed by atoms with Crippen LogP contribution in [0.3, 0.4) is 0 Å². The van der Waals surface area contributed by atoms with Crippen LogP contribution in [0.1, 0.15) is 22.3 Å². The minimum Gasteiger partial charge on any atom is -0.374 e. The predicted molar refractivity (Wildman–Crippen MR) is 99.2 cm³/mol. The SMILES string of the molecule is Cc1ccccc1C(=O)N1CC[C@@H]2CN(c3ncccn3)CCO[C@@H]2C1. The summed E-state index contributed by atoms with van der Waals surface area (Å²) < 4.78 is 6.11. The lowest BCUT2D eigenvalue weighted by Crippen LogP contribution is -2.49. The Bertz CT molecular complexity index is 767. The van der Waals surface area contributed by atoms with Crippen LogP contribution in [0.4, 0.5) is 5.95 Å². The second kappa shape index (κ2) is 7.41. The van der Waals surface area contributed by atoms with Crippen LogP contribution in [0.5, 0.6) is 0 Å². The molecular weight excluding hydrogens is 328 g/mol. The number of fused-ring (bicyclic) bond motifs is 1. The molecule has 2 aromatic rings. The van der Waals surface area contributed by atoms with Gasteiger partial charge in [0.05, 0.1) is 12.7 Å². The van der Waals surface area contributed by atoms with Crippen LogP contribution in [0, 0.1) is 12.8 Å². The topological polar surface area (TPSA) is 58.6 Å². The van der Waals surface area contributed by atoms with Gasteiger partial charge in [-0.1, -0.05) is 18.2 Å². The molecule has 0 saturated carbocycles. The van der Waals surface area contributed by atoms with Gasteiger partial charge >= 0.3 is 0 Å². The number of piperidine rings is 1. The first-order valence-electron chi connectivity index (χ1n) is 9.21. The highest BCUT2D eigenvalue weighted by atomic mass is 16.5. The maximum absolute atomic E-state index is 12.9. The van der Waals surface area contributed by atoms with E-state index in [0.717, 1.165) is 43.1 Å². The van der Waals surface area contributed by atoms with E-state index in [2.05, 4.69) is 14.9 Å². The summed E-state index contributed by atoms with van der Waals surface area (Å²) in [6.45, 7) is 5.69. The first-order chi connectivity index (χ1) is 12.7. The Kier molecular flexibility index (Phi) is 4.84. The molecule has 1 aromatic heterocycles. The van der Waals surface area contributed by atoms with Crippen LogP contribution in [0.2, 0.25) is 0 Å². The molecule has 1 amide bonds. The highest BCUT2D eigenvalue weighted by Crippen LogP contribution is 2.26. The molecule has 2 aliphatic heterocycles. The number of nitrogens with zero attached hydrogens (tertiary/aromatic N) is 4. The van der Waals surface area contributed by atoms with Crippen LogP contribution in [0.25, 0.3) is 0 Å². The van der Waals surface area contributed by atoms with Crippen molar-refractivity contribution in [3.63, 3.8) is 0 Å². The molecule has 1 aromatic carbocycles. The van der Waals surface area contributed by atoms with E-state index < -0.39 is 0 Å². The van der Waals surface area contributed by atoms with Gasteiger partial charge in [0.1, 0.15) is 0 Å². The van der Waals surface area contributed by atoms with E-state index in [9.17, 15) is 4.79 Å². The van der Waals surface area contributed by atoms with Crippen LogP contribution in [-0.4, -0.2) is 59.7 Å². The van der Waals surface area contributed by atoms with Crippen molar-refractivity contribution in [2.24, 2.45) is 5.92 Å². The molecule has 2 atom stereocenters. The largest absolute Gasteiger partial charge is 0.374 e. The molecule has 3 heterocycles. The fraction of sp³-hybridized carbons (Fsp3) is 0.450. The molecule has 26 heavy (non-hydrogen) atoms. The van der Waals surface area contributed by atoms with Crippen molar-refractivity contribution in [2.45, 2.75) is 19.4 Å². The zero-order valence-electron chi connectivity index (χ0n) is 15.0. The minimum absolute atomic E-state index is 0.0745. The number of carbonyl (C=O) groups excluding carboxylic acids is 1. The number of amides is 1. The summed E-state index contributed by atoms with van der Waals surface area (Å²) in [6.07, 6.45) is 4.56. The quantitative estimate of drug-likeness (QED) is 0.829. The Hall–Kier alpha value is -2.47. The molecule has 0 bridgehead atoms. The highest BCUT2D eigenvalue weighted by molar-refractivity contribution is 5.95. The summed E-state index contributed by atoms with van der Waals surface area (Å²) in [5.74, 6) is 1.26. The second-order valence-electron chi connectivity index (χ2n) is 7.02. The molecule has 0 unspecified atom stereocenters. The first-order valence-corrected chi connectivity index (χ1v) is 9.21. The van der Waals surface area contributed by atoms with Crippen molar-refractivity contribution < 1.29 is 9.53 Å². The van der Waals surface area contributed by atoms with Crippen molar-refractivity contribution in [2.75, 3.05) is 37.7 Å². The third kappa shape index (κ3) is 3.42. The van der Waals surface area contributed by atoms with Gasteiger partial charge in [-0.25, -0.2) is 9.97 Å². The summed E-state index contributed by atoms with van der Waals surface area (Å²) in [5.41, 5.74) is 1.81. The molecule has 0 aliphatic carbocycles. The number of anilines is 1. The third-order valence-corrected chi connectivity index (χ3v) is 5.34. The average Bonchev–Trinajstić information content (AvgIpc) is 2.90. The lowest BCUT2D eigenvalue weighted by Gasteiger charge is -2.38. The molecule has 2 fully saturated rings. The average molecular weight is 352 g/mol. The number of hydrogen-bond donors (Lipinski definition) is 0. The summed E-state index contributed by atoms with van der Waals surface area (Å²) in [5, 5.41) is 0. The van der Waals surface area contributed by atoms with Gasteiger partial charge in [0.2, 0.25) is 5.95 Å². The van der Waals surface area contributed by atoms with E-state index in [4.69, 9.17) is 4.74 Å². The van der Waals surface area contributed by atoms with Crippen molar-refractivity contribution in [1.82, 2.24) is 14.9 Å². The molecule has 6 heteroatoms. The van der Waals surface area contributed by atoms with Crippen LogP contribution in [-0.2, 0) is 4.74 Å². The zero-order chi connectivity index (χ0) is 17.9. The standard InChI is InChI=1S/C20H24N4O2/c1-15-5-2-3-6-17(15)19(25)23-10-7-16-13-24(11-12-26-18(16)14-23)20-21-8-4-9-22-20/h2-6,8-9,16,18H,7,10-14H2,1H3/t16-,18-/m1/s1. The van der Waals surface area contributed by atoms with Gasteiger partial charge in [0.15, 0.2) is 0 Å². The Balaban J connectivity index is 1.45. The van der Waals surface area contributed by atoms with Crippen LogP contribution < -0.4 is 4.90 Å². The molecule has 0 spiro atoms. The van der Waals surface area contributed by atoms with Gasteiger partial charge in [-0.2, -0.15) is 0 Å². The number of likely N-dealkylation sites (tertiary alicyclic amines) is 1. The minimum atomic E-state index is 0.0745. The Labute approximate surface area is 153 Å². The smallest absolute Gasteiger partial charge is 0.254 e. The Morgan fingerprint density at radius 1 is 1.12 bits per heavy atom. The summed E-state index contributed by atoms with van der Waals surface area (Å²) in [6, 6.07) is 9.61. The molecule has 0 radical (unpaired) electrons. The lowest BCUT2D eigenvalue weighted by atomic mass is 9.92. The maximum atomic E-state index is 12.9. The Morgan fingerprint density at radius 3 is 2.73 bits per heavy atom. The molecule has 4 rings (SSSR count). The third-order valence-electron chi connectivity index (χ3n) is 5.34.